The first-order valence-electron chi connectivity index (χ1n) is 8.95. The van der Waals surface area contributed by atoms with Gasteiger partial charge in [-0.3, -0.25) is 19.3 Å². The number of esters is 1. The Kier molecular flexibility index (Phi) is 5.63. The van der Waals surface area contributed by atoms with Crippen molar-refractivity contribution in [3.8, 4) is 5.75 Å². The number of hydrogen-bond acceptors (Lipinski definition) is 6. The molecule has 0 aliphatic carbocycles. The van der Waals surface area contributed by atoms with Crippen LogP contribution in [0.5, 0.6) is 5.75 Å². The molecule has 1 aliphatic heterocycles. The van der Waals surface area contributed by atoms with Crippen LogP contribution in [0.1, 0.15) is 34.6 Å². The summed E-state index contributed by atoms with van der Waals surface area (Å²) in [5, 5.41) is 2.62. The predicted octanol–water partition coefficient (Wildman–Crippen LogP) is 2.25. The molecule has 1 heterocycles. The fourth-order valence-corrected chi connectivity index (χ4v) is 2.94. The van der Waals surface area contributed by atoms with Gasteiger partial charge in [-0.25, -0.2) is 4.79 Å². The molecule has 150 valence electrons. The van der Waals surface area contributed by atoms with Crippen LogP contribution in [0, 0.1) is 0 Å². The number of anilines is 1. The average molecular weight is 396 g/mol. The molecule has 3 rings (SSSR count). The standard InChI is InChI=1S/C21H20N2O6/c1-12(23-19(25)16-9-4-5-10-17(16)20(23)26)21(27)29-13(2)18(24)22-14-7-6-8-15(11-14)28-3/h4-13H,1-3H3,(H,22,24)/t12-,13-/m0/s1. The van der Waals surface area contributed by atoms with E-state index in [1.807, 2.05) is 0 Å². The number of nitrogens with zero attached hydrogens (tertiary/aromatic N) is 1. The number of nitrogens with one attached hydrogen (secondary N) is 1. The van der Waals surface area contributed by atoms with Crippen LogP contribution in [0.3, 0.4) is 0 Å². The van der Waals surface area contributed by atoms with E-state index in [4.69, 9.17) is 9.47 Å². The van der Waals surface area contributed by atoms with Gasteiger partial charge in [-0.05, 0) is 38.1 Å². The second-order valence-corrected chi connectivity index (χ2v) is 6.50. The summed E-state index contributed by atoms with van der Waals surface area (Å²) in [7, 11) is 1.51. The quantitative estimate of drug-likeness (QED) is 0.594. The van der Waals surface area contributed by atoms with Crippen molar-refractivity contribution in [2.24, 2.45) is 0 Å². The average Bonchev–Trinajstić information content (AvgIpc) is 2.98. The molecule has 0 fully saturated rings. The SMILES string of the molecule is COc1cccc(NC(=O)[C@H](C)OC(=O)[C@H](C)N2C(=O)c3ccccc3C2=O)c1. The Balaban J connectivity index is 1.64. The maximum absolute atomic E-state index is 12.5. The Labute approximate surface area is 167 Å². The first-order chi connectivity index (χ1) is 13.8. The van der Waals surface area contributed by atoms with Crippen LogP contribution in [-0.4, -0.2) is 47.8 Å². The summed E-state index contributed by atoms with van der Waals surface area (Å²) in [5.74, 6) is -1.98. The molecular formula is C21H20N2O6. The second-order valence-electron chi connectivity index (χ2n) is 6.50. The number of carbonyl (C=O) groups is 4. The molecule has 1 aliphatic rings. The molecule has 2 aromatic carbocycles. The Morgan fingerprint density at radius 1 is 0.966 bits per heavy atom. The molecule has 1 N–H and O–H groups in total. The minimum absolute atomic E-state index is 0.237. The lowest BCUT2D eigenvalue weighted by Gasteiger charge is -2.22. The highest BCUT2D eigenvalue weighted by Gasteiger charge is 2.41. The number of methoxy groups -OCH3 is 1. The Morgan fingerprint density at radius 2 is 1.59 bits per heavy atom. The third-order valence-electron chi connectivity index (χ3n) is 4.55. The first kappa shape index (κ1) is 20.1. The van der Waals surface area contributed by atoms with Gasteiger partial charge in [0.1, 0.15) is 11.8 Å². The van der Waals surface area contributed by atoms with Crippen molar-refractivity contribution in [3.05, 3.63) is 59.7 Å². The molecule has 0 aromatic heterocycles. The molecule has 2 atom stereocenters. The van der Waals surface area contributed by atoms with Crippen LogP contribution in [0.4, 0.5) is 5.69 Å². The zero-order chi connectivity index (χ0) is 21.1. The highest BCUT2D eigenvalue weighted by molar-refractivity contribution is 6.22. The van der Waals surface area contributed by atoms with Crippen molar-refractivity contribution < 1.29 is 28.7 Å². The normalized spacial score (nSPS) is 14.8. The van der Waals surface area contributed by atoms with Crippen LogP contribution >= 0.6 is 0 Å². The maximum Gasteiger partial charge on any atom is 0.329 e. The van der Waals surface area contributed by atoms with Gasteiger partial charge in [0.25, 0.3) is 17.7 Å². The highest BCUT2D eigenvalue weighted by Crippen LogP contribution is 2.25. The van der Waals surface area contributed by atoms with Gasteiger partial charge in [0, 0.05) is 11.8 Å². The smallest absolute Gasteiger partial charge is 0.329 e. The van der Waals surface area contributed by atoms with Crippen LogP contribution < -0.4 is 10.1 Å². The van der Waals surface area contributed by atoms with E-state index < -0.39 is 35.8 Å². The lowest BCUT2D eigenvalue weighted by molar-refractivity contribution is -0.156. The van der Waals surface area contributed by atoms with Crippen molar-refractivity contribution in [3.63, 3.8) is 0 Å². The maximum atomic E-state index is 12.5. The lowest BCUT2D eigenvalue weighted by atomic mass is 10.1. The topological polar surface area (TPSA) is 102 Å². The number of imide groups is 1. The van der Waals surface area contributed by atoms with Crippen molar-refractivity contribution in [1.29, 1.82) is 0 Å². The van der Waals surface area contributed by atoms with Gasteiger partial charge in [-0.15, -0.1) is 0 Å². The lowest BCUT2D eigenvalue weighted by Crippen LogP contribution is -2.45. The van der Waals surface area contributed by atoms with Gasteiger partial charge in [-0.1, -0.05) is 18.2 Å². The molecule has 8 nitrogen and oxygen atoms in total. The van der Waals surface area contributed by atoms with Crippen molar-refractivity contribution in [2.75, 3.05) is 12.4 Å². The number of fused-ring (bicyclic) bond motifs is 1. The first-order valence-corrected chi connectivity index (χ1v) is 8.95. The Morgan fingerprint density at radius 3 is 2.17 bits per heavy atom. The fourth-order valence-electron chi connectivity index (χ4n) is 2.94. The highest BCUT2D eigenvalue weighted by atomic mass is 16.5. The van der Waals surface area contributed by atoms with Gasteiger partial charge in [0.2, 0.25) is 0 Å². The van der Waals surface area contributed by atoms with E-state index in [0.29, 0.717) is 11.4 Å². The van der Waals surface area contributed by atoms with Gasteiger partial charge in [0.05, 0.1) is 18.2 Å². The molecule has 29 heavy (non-hydrogen) atoms. The van der Waals surface area contributed by atoms with Crippen molar-refractivity contribution in [1.82, 2.24) is 4.90 Å². The van der Waals surface area contributed by atoms with Crippen LogP contribution in [-0.2, 0) is 14.3 Å². The largest absolute Gasteiger partial charge is 0.497 e. The summed E-state index contributed by atoms with van der Waals surface area (Å²) in [6, 6.07) is 11.9. The molecule has 0 radical (unpaired) electrons. The molecule has 0 saturated heterocycles. The minimum Gasteiger partial charge on any atom is -0.497 e. The van der Waals surface area contributed by atoms with Gasteiger partial charge < -0.3 is 14.8 Å². The Bertz CT molecular complexity index is 952. The molecule has 2 aromatic rings. The van der Waals surface area contributed by atoms with Gasteiger partial charge in [-0.2, -0.15) is 0 Å². The van der Waals surface area contributed by atoms with E-state index in [-0.39, 0.29) is 11.1 Å². The zero-order valence-corrected chi connectivity index (χ0v) is 16.2. The summed E-state index contributed by atoms with van der Waals surface area (Å²) in [6.45, 7) is 2.79. The third kappa shape index (κ3) is 3.96. The number of ether oxygens (including phenoxy) is 2. The summed E-state index contributed by atoms with van der Waals surface area (Å²) >= 11 is 0. The minimum atomic E-state index is -1.17. The summed E-state index contributed by atoms with van der Waals surface area (Å²) in [6.07, 6.45) is -1.13. The van der Waals surface area contributed by atoms with Crippen molar-refractivity contribution >= 4 is 29.4 Å². The fraction of sp³-hybridized carbons (Fsp3) is 0.238. The van der Waals surface area contributed by atoms with Crippen LogP contribution in [0.15, 0.2) is 48.5 Å². The van der Waals surface area contributed by atoms with Crippen molar-refractivity contribution in [2.45, 2.75) is 26.0 Å². The molecule has 8 heteroatoms. The van der Waals surface area contributed by atoms with Gasteiger partial charge in [0.15, 0.2) is 6.10 Å². The van der Waals surface area contributed by atoms with E-state index in [1.165, 1.54) is 33.1 Å². The Hall–Kier alpha value is -3.68. The van der Waals surface area contributed by atoms with E-state index in [2.05, 4.69) is 5.32 Å². The molecule has 0 bridgehead atoms. The predicted molar refractivity (Wildman–Crippen MR) is 104 cm³/mol. The summed E-state index contributed by atoms with van der Waals surface area (Å²) in [5.41, 5.74) is 0.951. The number of amides is 3. The molecule has 0 unspecified atom stereocenters. The molecule has 3 amide bonds. The number of benzene rings is 2. The zero-order valence-electron chi connectivity index (χ0n) is 16.2. The second kappa shape index (κ2) is 8.14. The molecule has 0 spiro atoms. The molecule has 0 saturated carbocycles. The van der Waals surface area contributed by atoms with E-state index in [9.17, 15) is 19.2 Å². The van der Waals surface area contributed by atoms with E-state index >= 15 is 0 Å². The third-order valence-corrected chi connectivity index (χ3v) is 4.55. The van der Waals surface area contributed by atoms with Gasteiger partial charge >= 0.3 is 5.97 Å². The number of carbonyl (C=O) groups excluding carboxylic acids is 4. The monoisotopic (exact) mass is 396 g/mol. The van der Waals surface area contributed by atoms with Crippen LogP contribution in [0.25, 0.3) is 0 Å². The number of hydrogen-bond donors (Lipinski definition) is 1. The molecular weight excluding hydrogens is 376 g/mol. The summed E-state index contributed by atoms with van der Waals surface area (Å²) in [4.78, 5) is 50.6. The van der Waals surface area contributed by atoms with E-state index in [1.54, 1.807) is 36.4 Å². The number of rotatable bonds is 6. The van der Waals surface area contributed by atoms with Crippen LogP contribution in [0.2, 0.25) is 0 Å². The summed E-state index contributed by atoms with van der Waals surface area (Å²) < 4.78 is 10.3. The van der Waals surface area contributed by atoms with E-state index in [0.717, 1.165) is 4.90 Å².